The summed E-state index contributed by atoms with van der Waals surface area (Å²) in [6, 6.07) is 11.4. The standard InChI is InChI=1S/C15H13NO2/c17-15-7-4-11-9-13(5-6-14(11)15)18-10-12-3-1-2-8-16-12/h1-3,5-6,8-9H,4,7,10H2. The molecule has 1 aromatic heterocycles. The average Bonchev–Trinajstić information content (AvgIpc) is 2.79. The maximum absolute atomic E-state index is 11.5. The fourth-order valence-electron chi connectivity index (χ4n) is 2.16. The molecule has 90 valence electrons. The number of aryl methyl sites for hydroxylation is 1. The molecule has 0 atom stereocenters. The summed E-state index contributed by atoms with van der Waals surface area (Å²) >= 11 is 0. The zero-order chi connectivity index (χ0) is 12.4. The SMILES string of the molecule is O=C1CCc2cc(OCc3ccccn3)ccc21. The highest BCUT2D eigenvalue weighted by Crippen LogP contribution is 2.26. The summed E-state index contributed by atoms with van der Waals surface area (Å²) in [5.41, 5.74) is 2.84. The zero-order valence-electron chi connectivity index (χ0n) is 9.93. The largest absolute Gasteiger partial charge is 0.487 e. The molecule has 0 aliphatic heterocycles. The lowest BCUT2D eigenvalue weighted by Gasteiger charge is -2.07. The van der Waals surface area contributed by atoms with Gasteiger partial charge in [-0.15, -0.1) is 0 Å². The molecule has 1 aromatic carbocycles. The van der Waals surface area contributed by atoms with Gasteiger partial charge in [0.1, 0.15) is 12.4 Å². The Bertz CT molecular complexity index is 578. The van der Waals surface area contributed by atoms with Crippen LogP contribution in [0.3, 0.4) is 0 Å². The highest BCUT2D eigenvalue weighted by atomic mass is 16.5. The predicted octanol–water partition coefficient (Wildman–Crippen LogP) is 2.79. The fraction of sp³-hybridized carbons (Fsp3) is 0.200. The third kappa shape index (κ3) is 2.12. The lowest BCUT2D eigenvalue weighted by molar-refractivity contribution is 0.0994. The van der Waals surface area contributed by atoms with Crippen molar-refractivity contribution in [2.45, 2.75) is 19.4 Å². The van der Waals surface area contributed by atoms with Gasteiger partial charge in [-0.2, -0.15) is 0 Å². The third-order valence-electron chi connectivity index (χ3n) is 3.11. The summed E-state index contributed by atoms with van der Waals surface area (Å²) < 4.78 is 5.68. The molecule has 0 unspecified atom stereocenters. The van der Waals surface area contributed by atoms with E-state index in [4.69, 9.17) is 4.74 Å². The molecule has 0 saturated carbocycles. The van der Waals surface area contributed by atoms with Crippen LogP contribution in [-0.4, -0.2) is 10.8 Å². The number of benzene rings is 1. The van der Waals surface area contributed by atoms with Crippen molar-refractivity contribution in [1.29, 1.82) is 0 Å². The Hall–Kier alpha value is -2.16. The summed E-state index contributed by atoms with van der Waals surface area (Å²) in [7, 11) is 0. The van der Waals surface area contributed by atoms with E-state index in [9.17, 15) is 4.79 Å². The first-order valence-corrected chi connectivity index (χ1v) is 6.02. The van der Waals surface area contributed by atoms with Gasteiger partial charge in [-0.05, 0) is 42.3 Å². The number of aromatic nitrogens is 1. The molecule has 0 radical (unpaired) electrons. The molecule has 0 saturated heterocycles. The number of hydrogen-bond donors (Lipinski definition) is 0. The minimum atomic E-state index is 0.237. The Morgan fingerprint density at radius 1 is 1.17 bits per heavy atom. The number of Topliss-reactive ketones (excluding diaryl/α,β-unsaturated/α-hetero) is 1. The number of ketones is 1. The van der Waals surface area contributed by atoms with Gasteiger partial charge in [0, 0.05) is 18.2 Å². The number of hydrogen-bond acceptors (Lipinski definition) is 3. The molecular weight excluding hydrogens is 226 g/mol. The Morgan fingerprint density at radius 3 is 2.94 bits per heavy atom. The molecule has 2 aromatic rings. The highest BCUT2D eigenvalue weighted by Gasteiger charge is 2.19. The zero-order valence-corrected chi connectivity index (χ0v) is 9.93. The van der Waals surface area contributed by atoms with Crippen molar-refractivity contribution < 1.29 is 9.53 Å². The molecule has 3 heteroatoms. The molecule has 18 heavy (non-hydrogen) atoms. The van der Waals surface area contributed by atoms with Crippen molar-refractivity contribution in [2.24, 2.45) is 0 Å². The van der Waals surface area contributed by atoms with Crippen LogP contribution in [0.25, 0.3) is 0 Å². The minimum absolute atomic E-state index is 0.237. The fourth-order valence-corrected chi connectivity index (χ4v) is 2.16. The molecule has 1 aliphatic rings. The van der Waals surface area contributed by atoms with Gasteiger partial charge >= 0.3 is 0 Å². The molecule has 0 amide bonds. The number of ether oxygens (including phenoxy) is 1. The molecule has 0 N–H and O–H groups in total. The van der Waals surface area contributed by atoms with Crippen molar-refractivity contribution >= 4 is 5.78 Å². The molecule has 0 fully saturated rings. The summed E-state index contributed by atoms with van der Waals surface area (Å²) in [6.07, 6.45) is 3.20. The maximum atomic E-state index is 11.5. The number of rotatable bonds is 3. The van der Waals surface area contributed by atoms with Gasteiger partial charge in [-0.1, -0.05) is 6.07 Å². The van der Waals surface area contributed by atoms with E-state index in [2.05, 4.69) is 4.98 Å². The van der Waals surface area contributed by atoms with Crippen LogP contribution >= 0.6 is 0 Å². The van der Waals surface area contributed by atoms with Crippen LogP contribution in [0.4, 0.5) is 0 Å². The van der Waals surface area contributed by atoms with E-state index in [1.165, 1.54) is 0 Å². The summed E-state index contributed by atoms with van der Waals surface area (Å²) in [4.78, 5) is 15.7. The third-order valence-corrected chi connectivity index (χ3v) is 3.11. The van der Waals surface area contributed by atoms with Crippen LogP contribution in [0.2, 0.25) is 0 Å². The Balaban J connectivity index is 1.73. The van der Waals surface area contributed by atoms with Crippen LogP contribution in [0, 0.1) is 0 Å². The Morgan fingerprint density at radius 2 is 2.11 bits per heavy atom. The highest BCUT2D eigenvalue weighted by molar-refractivity contribution is 6.00. The average molecular weight is 239 g/mol. The van der Waals surface area contributed by atoms with Gasteiger partial charge in [0.05, 0.1) is 5.69 Å². The molecule has 1 aliphatic carbocycles. The Labute approximate surface area is 105 Å². The smallest absolute Gasteiger partial charge is 0.163 e. The minimum Gasteiger partial charge on any atom is -0.487 e. The monoisotopic (exact) mass is 239 g/mol. The number of fused-ring (bicyclic) bond motifs is 1. The molecule has 3 nitrogen and oxygen atoms in total. The van der Waals surface area contributed by atoms with Crippen molar-refractivity contribution in [3.63, 3.8) is 0 Å². The van der Waals surface area contributed by atoms with E-state index in [-0.39, 0.29) is 5.78 Å². The van der Waals surface area contributed by atoms with Crippen molar-refractivity contribution in [3.8, 4) is 5.75 Å². The maximum Gasteiger partial charge on any atom is 0.163 e. The quantitative estimate of drug-likeness (QED) is 0.826. The first-order valence-electron chi connectivity index (χ1n) is 6.02. The topological polar surface area (TPSA) is 39.2 Å². The lowest BCUT2D eigenvalue weighted by atomic mass is 10.1. The number of carbonyl (C=O) groups excluding carboxylic acids is 1. The molecule has 0 bridgehead atoms. The van der Waals surface area contributed by atoms with Crippen LogP contribution in [-0.2, 0) is 13.0 Å². The van der Waals surface area contributed by atoms with Crippen molar-refractivity contribution in [2.75, 3.05) is 0 Å². The second-order valence-corrected chi connectivity index (χ2v) is 4.35. The van der Waals surface area contributed by atoms with Gasteiger partial charge in [-0.25, -0.2) is 0 Å². The van der Waals surface area contributed by atoms with E-state index in [0.29, 0.717) is 13.0 Å². The van der Waals surface area contributed by atoms with Crippen molar-refractivity contribution in [1.82, 2.24) is 4.98 Å². The predicted molar refractivity (Wildman–Crippen MR) is 67.7 cm³/mol. The van der Waals surface area contributed by atoms with Gasteiger partial charge in [0.2, 0.25) is 0 Å². The van der Waals surface area contributed by atoms with Gasteiger partial charge < -0.3 is 4.74 Å². The van der Waals surface area contributed by atoms with Crippen LogP contribution in [0.5, 0.6) is 5.75 Å². The van der Waals surface area contributed by atoms with E-state index in [1.807, 2.05) is 36.4 Å². The van der Waals surface area contributed by atoms with E-state index >= 15 is 0 Å². The van der Waals surface area contributed by atoms with Crippen LogP contribution < -0.4 is 4.74 Å². The Kier molecular flexibility index (Phi) is 2.81. The number of nitrogens with zero attached hydrogens (tertiary/aromatic N) is 1. The first-order chi connectivity index (χ1) is 8.83. The van der Waals surface area contributed by atoms with Gasteiger partial charge in [0.25, 0.3) is 0 Å². The first kappa shape index (κ1) is 11.0. The lowest BCUT2D eigenvalue weighted by Crippen LogP contribution is -1.98. The second kappa shape index (κ2) is 4.61. The summed E-state index contributed by atoms with van der Waals surface area (Å²) in [6.45, 7) is 0.452. The molecular formula is C15H13NO2. The molecule has 0 spiro atoms. The molecule has 1 heterocycles. The second-order valence-electron chi connectivity index (χ2n) is 4.35. The van der Waals surface area contributed by atoms with Gasteiger partial charge in [-0.3, -0.25) is 9.78 Å². The van der Waals surface area contributed by atoms with E-state index in [0.717, 1.165) is 29.0 Å². The van der Waals surface area contributed by atoms with E-state index < -0.39 is 0 Å². The van der Waals surface area contributed by atoms with Gasteiger partial charge in [0.15, 0.2) is 5.78 Å². The number of carbonyl (C=O) groups is 1. The van der Waals surface area contributed by atoms with Crippen LogP contribution in [0.15, 0.2) is 42.6 Å². The molecule has 3 rings (SSSR count). The normalized spacial score (nSPS) is 13.4. The summed E-state index contributed by atoms with van der Waals surface area (Å²) in [5.74, 6) is 1.04. The summed E-state index contributed by atoms with van der Waals surface area (Å²) in [5, 5.41) is 0. The number of pyridine rings is 1. The van der Waals surface area contributed by atoms with Crippen LogP contribution in [0.1, 0.15) is 28.0 Å². The van der Waals surface area contributed by atoms with E-state index in [1.54, 1.807) is 6.20 Å². The van der Waals surface area contributed by atoms with Crippen molar-refractivity contribution in [3.05, 3.63) is 59.4 Å².